The van der Waals surface area contributed by atoms with Crippen molar-refractivity contribution in [2.75, 3.05) is 45.7 Å². The van der Waals surface area contributed by atoms with E-state index in [9.17, 15) is 14.7 Å². The summed E-state index contributed by atoms with van der Waals surface area (Å²) in [5.74, 6) is -2.60. The number of amides is 1. The molecule has 1 N–H and O–H groups in total. The lowest BCUT2D eigenvalue weighted by Gasteiger charge is -2.40. The lowest BCUT2D eigenvalue weighted by atomic mass is 10.0. The third-order valence-corrected chi connectivity index (χ3v) is 7.76. The van der Waals surface area contributed by atoms with Crippen molar-refractivity contribution in [3.63, 3.8) is 0 Å². The van der Waals surface area contributed by atoms with Crippen LogP contribution >= 0.6 is 0 Å². The number of piperazine rings is 1. The number of phenols is 1. The van der Waals surface area contributed by atoms with Crippen molar-refractivity contribution in [2.24, 2.45) is 4.99 Å². The number of likely N-dealkylation sites (N-methyl/N-ethyl adjacent to an activating group) is 1. The average molecular weight is 619 g/mol. The Bertz CT molecular complexity index is 1840. The van der Waals surface area contributed by atoms with Gasteiger partial charge in [-0.1, -0.05) is 19.9 Å². The minimum Gasteiger partial charge on any atom is -0.507 e. The number of hydrogen-bond acceptors (Lipinski definition) is 8. The molecule has 4 aromatic rings. The van der Waals surface area contributed by atoms with E-state index < -0.39 is 40.4 Å². The molecule has 0 bridgehead atoms. The SMILES string of the molecule is Cc1ccnc(C(C)C)c1-n1c(=O)nc(N2CCN(C)CC2CC(=O)N=CN(C)C)c2cc(F)c(-c3c(O)cccc3F)nc21. The quantitative estimate of drug-likeness (QED) is 0.243. The van der Waals surface area contributed by atoms with E-state index >= 15 is 8.78 Å². The predicted octanol–water partition coefficient (Wildman–Crippen LogP) is 3.89. The first kappa shape index (κ1) is 31.6. The minimum atomic E-state index is -0.916. The Kier molecular flexibility index (Phi) is 8.91. The summed E-state index contributed by atoms with van der Waals surface area (Å²) in [6.45, 7) is 7.12. The van der Waals surface area contributed by atoms with Gasteiger partial charge in [-0.25, -0.2) is 28.1 Å². The summed E-state index contributed by atoms with van der Waals surface area (Å²) in [6.07, 6.45) is 3.09. The fourth-order valence-corrected chi connectivity index (χ4v) is 5.63. The fourth-order valence-electron chi connectivity index (χ4n) is 5.63. The molecule has 4 heterocycles. The zero-order valence-corrected chi connectivity index (χ0v) is 26.1. The Morgan fingerprint density at radius 3 is 2.62 bits per heavy atom. The van der Waals surface area contributed by atoms with Crippen molar-refractivity contribution in [2.45, 2.75) is 39.2 Å². The van der Waals surface area contributed by atoms with Gasteiger partial charge in [-0.05, 0) is 49.7 Å². The molecular weight excluding hydrogens is 582 g/mol. The van der Waals surface area contributed by atoms with E-state index in [0.29, 0.717) is 36.6 Å². The maximum absolute atomic E-state index is 16.0. The summed E-state index contributed by atoms with van der Waals surface area (Å²) in [7, 11) is 5.44. The van der Waals surface area contributed by atoms with Crippen LogP contribution in [0.2, 0.25) is 0 Å². The van der Waals surface area contributed by atoms with E-state index in [4.69, 9.17) is 0 Å². The molecule has 0 aliphatic carbocycles. The number of phenolic OH excluding ortho intramolecular Hbond substituents is 1. The van der Waals surface area contributed by atoms with Crippen LogP contribution in [-0.4, -0.2) is 93.5 Å². The molecule has 1 saturated heterocycles. The number of fused-ring (bicyclic) bond motifs is 1. The Morgan fingerprint density at radius 1 is 1.18 bits per heavy atom. The van der Waals surface area contributed by atoms with Gasteiger partial charge in [0.05, 0.1) is 41.1 Å². The minimum absolute atomic E-state index is 0.0108. The van der Waals surface area contributed by atoms with Crippen LogP contribution in [0.25, 0.3) is 28.0 Å². The van der Waals surface area contributed by atoms with Gasteiger partial charge in [0.25, 0.3) is 0 Å². The monoisotopic (exact) mass is 618 g/mol. The number of halogens is 2. The molecule has 1 amide bonds. The molecule has 1 unspecified atom stereocenters. The standard InChI is InChI=1S/C32H36F2N8O3/c1-18(2)27-29(19(3)10-11-35-27)42-31-21(15-23(34)28(37-31)26-22(33)8-7-9-24(26)43)30(38-32(42)45)41-13-12-40(6)16-20(41)14-25(44)36-17-39(4)5/h7-11,15,17-18,20,43H,12-14,16H2,1-6H3. The summed E-state index contributed by atoms with van der Waals surface area (Å²) < 4.78 is 32.3. The van der Waals surface area contributed by atoms with Gasteiger partial charge < -0.3 is 19.8 Å². The second-order valence-electron chi connectivity index (χ2n) is 11.8. The lowest BCUT2D eigenvalue weighted by Crippen LogP contribution is -2.53. The number of hydrogen-bond donors (Lipinski definition) is 1. The zero-order chi connectivity index (χ0) is 32.6. The first-order valence-corrected chi connectivity index (χ1v) is 14.6. The summed E-state index contributed by atoms with van der Waals surface area (Å²) in [5, 5.41) is 10.7. The Balaban J connectivity index is 1.81. The highest BCUT2D eigenvalue weighted by atomic mass is 19.1. The molecule has 11 nitrogen and oxygen atoms in total. The third kappa shape index (κ3) is 6.25. The maximum atomic E-state index is 16.0. The number of rotatable bonds is 7. The normalized spacial score (nSPS) is 15.8. The molecule has 236 valence electrons. The number of aryl methyl sites for hydroxylation is 1. The molecule has 1 aliphatic heterocycles. The van der Waals surface area contributed by atoms with Crippen molar-refractivity contribution in [3.8, 4) is 22.7 Å². The second-order valence-corrected chi connectivity index (χ2v) is 11.8. The van der Waals surface area contributed by atoms with Gasteiger partial charge in [-0.3, -0.25) is 9.78 Å². The summed E-state index contributed by atoms with van der Waals surface area (Å²) in [4.78, 5) is 50.0. The number of nitrogens with zero attached hydrogens (tertiary/aromatic N) is 8. The average Bonchev–Trinajstić information content (AvgIpc) is 2.97. The Labute approximate surface area is 259 Å². The van der Waals surface area contributed by atoms with Crippen LogP contribution in [0.3, 0.4) is 0 Å². The van der Waals surface area contributed by atoms with Crippen LogP contribution in [0.1, 0.15) is 37.4 Å². The van der Waals surface area contributed by atoms with Gasteiger partial charge in [-0.2, -0.15) is 4.98 Å². The van der Waals surface area contributed by atoms with Crippen LogP contribution in [-0.2, 0) is 4.79 Å². The molecule has 0 saturated carbocycles. The number of aromatic nitrogens is 4. The van der Waals surface area contributed by atoms with Crippen LogP contribution in [0, 0.1) is 18.6 Å². The molecule has 13 heteroatoms. The van der Waals surface area contributed by atoms with Gasteiger partial charge in [0, 0.05) is 39.9 Å². The van der Waals surface area contributed by atoms with Gasteiger partial charge >= 0.3 is 5.69 Å². The third-order valence-electron chi connectivity index (χ3n) is 7.76. The number of aliphatic imine (C=N–C) groups is 1. The van der Waals surface area contributed by atoms with E-state index in [-0.39, 0.29) is 35.1 Å². The van der Waals surface area contributed by atoms with Gasteiger partial charge in [0.15, 0.2) is 11.5 Å². The Morgan fingerprint density at radius 2 is 1.93 bits per heavy atom. The molecule has 1 fully saturated rings. The van der Waals surface area contributed by atoms with Crippen LogP contribution in [0.5, 0.6) is 5.75 Å². The van der Waals surface area contributed by atoms with Gasteiger partial charge in [-0.15, -0.1) is 0 Å². The lowest BCUT2D eigenvalue weighted by molar-refractivity contribution is -0.118. The van der Waals surface area contributed by atoms with Crippen LogP contribution in [0.4, 0.5) is 14.6 Å². The topological polar surface area (TPSA) is 120 Å². The molecule has 1 aromatic carbocycles. The largest absolute Gasteiger partial charge is 0.507 e. The van der Waals surface area contributed by atoms with Crippen molar-refractivity contribution >= 4 is 29.1 Å². The number of carbonyl (C=O) groups excluding carboxylic acids is 1. The van der Waals surface area contributed by atoms with E-state index in [2.05, 4.69) is 24.8 Å². The number of anilines is 1. The van der Waals surface area contributed by atoms with E-state index in [1.807, 2.05) is 32.7 Å². The van der Waals surface area contributed by atoms with Crippen molar-refractivity contribution in [3.05, 3.63) is 69.9 Å². The molecule has 0 radical (unpaired) electrons. The van der Waals surface area contributed by atoms with E-state index in [0.717, 1.165) is 12.1 Å². The second kappa shape index (κ2) is 12.7. The van der Waals surface area contributed by atoms with Crippen LogP contribution < -0.4 is 10.6 Å². The molecule has 45 heavy (non-hydrogen) atoms. The molecule has 3 aromatic heterocycles. The Hall–Kier alpha value is -4.78. The van der Waals surface area contributed by atoms with Crippen molar-refractivity contribution in [1.82, 2.24) is 29.3 Å². The van der Waals surface area contributed by atoms with Crippen molar-refractivity contribution < 1.29 is 18.7 Å². The number of carbonyl (C=O) groups is 1. The fraction of sp³-hybridized carbons (Fsp3) is 0.375. The van der Waals surface area contributed by atoms with E-state index in [1.54, 1.807) is 31.3 Å². The van der Waals surface area contributed by atoms with Gasteiger partial charge in [0.1, 0.15) is 23.1 Å². The number of benzene rings is 1. The highest BCUT2D eigenvalue weighted by molar-refractivity contribution is 5.91. The first-order chi connectivity index (χ1) is 21.4. The van der Waals surface area contributed by atoms with Crippen molar-refractivity contribution in [1.29, 1.82) is 0 Å². The molecule has 0 spiro atoms. The smallest absolute Gasteiger partial charge is 0.355 e. The summed E-state index contributed by atoms with van der Waals surface area (Å²) >= 11 is 0. The highest BCUT2D eigenvalue weighted by Crippen LogP contribution is 2.37. The molecule has 1 aliphatic rings. The molecular formula is C32H36F2N8O3. The number of pyridine rings is 2. The first-order valence-electron chi connectivity index (χ1n) is 14.6. The summed E-state index contributed by atoms with van der Waals surface area (Å²) in [6, 6.07) is 6.10. The molecule has 1 atom stereocenters. The van der Waals surface area contributed by atoms with Crippen LogP contribution in [0.15, 0.2) is 46.3 Å². The number of aromatic hydroxyl groups is 1. The highest BCUT2D eigenvalue weighted by Gasteiger charge is 2.32. The van der Waals surface area contributed by atoms with Gasteiger partial charge in [0.2, 0.25) is 5.91 Å². The molecule has 5 rings (SSSR count). The van der Waals surface area contributed by atoms with E-state index in [1.165, 1.54) is 23.0 Å². The zero-order valence-electron chi connectivity index (χ0n) is 26.1. The summed E-state index contributed by atoms with van der Waals surface area (Å²) in [5.41, 5.74) is 0.158. The maximum Gasteiger partial charge on any atom is 0.355 e. The predicted molar refractivity (Wildman–Crippen MR) is 169 cm³/mol.